The smallest absolute Gasteiger partial charge is 0.120 e. The summed E-state index contributed by atoms with van der Waals surface area (Å²) < 4.78 is 0. The number of halogens is 1. The van der Waals surface area contributed by atoms with E-state index in [4.69, 9.17) is 16.9 Å². The molecule has 3 heteroatoms. The molecule has 2 nitrogen and oxygen atoms in total. The first-order valence-corrected chi connectivity index (χ1v) is 3.28. The van der Waals surface area contributed by atoms with E-state index in [0.29, 0.717) is 5.69 Å². The predicted octanol–water partition coefficient (Wildman–Crippen LogP) is 2.27. The number of rotatable bonds is 1. The van der Waals surface area contributed by atoms with E-state index in [1.54, 1.807) is 18.2 Å². The first-order chi connectivity index (χ1) is 4.74. The Hall–Kier alpha value is -0.890. The summed E-state index contributed by atoms with van der Waals surface area (Å²) in [6.07, 6.45) is 0. The quantitative estimate of drug-likeness (QED) is 0.613. The van der Waals surface area contributed by atoms with E-state index in [2.05, 4.69) is 4.84 Å². The largest absolute Gasteiger partial charge is 0.508 e. The van der Waals surface area contributed by atoms with Crippen LogP contribution in [0.15, 0.2) is 18.2 Å². The number of aryl methyl sites for hydroxylation is 1. The van der Waals surface area contributed by atoms with E-state index in [1.807, 2.05) is 6.92 Å². The molecule has 2 N–H and O–H groups in total. The van der Waals surface area contributed by atoms with Crippen molar-refractivity contribution in [2.45, 2.75) is 6.92 Å². The molecule has 0 aliphatic carbocycles. The molecule has 1 aromatic carbocycles. The molecule has 0 fully saturated rings. The molecule has 0 unspecified atom stereocenters. The van der Waals surface area contributed by atoms with Crippen LogP contribution >= 0.6 is 11.8 Å². The molecular formula is C7H8ClNO. The van der Waals surface area contributed by atoms with Gasteiger partial charge in [-0.2, -0.15) is 0 Å². The topological polar surface area (TPSA) is 32.3 Å². The first-order valence-electron chi connectivity index (χ1n) is 2.90. The first kappa shape index (κ1) is 7.22. The van der Waals surface area contributed by atoms with Gasteiger partial charge in [-0.05, 0) is 18.6 Å². The molecule has 0 bridgehead atoms. The Morgan fingerprint density at radius 3 is 2.70 bits per heavy atom. The van der Waals surface area contributed by atoms with E-state index in [1.165, 1.54) is 0 Å². The van der Waals surface area contributed by atoms with Gasteiger partial charge < -0.3 is 5.11 Å². The average molecular weight is 158 g/mol. The summed E-state index contributed by atoms with van der Waals surface area (Å²) >= 11 is 5.29. The van der Waals surface area contributed by atoms with Crippen LogP contribution in [0.4, 0.5) is 5.69 Å². The minimum Gasteiger partial charge on any atom is -0.508 e. The van der Waals surface area contributed by atoms with Crippen LogP contribution in [0.1, 0.15) is 5.56 Å². The standard InChI is InChI=1S/C7H8ClNO/c1-5-2-3-6(9-8)4-7(5)10/h2-4,9-10H,1H3. The fourth-order valence-corrected chi connectivity index (χ4v) is 0.786. The van der Waals surface area contributed by atoms with Crippen LogP contribution in [0.2, 0.25) is 0 Å². The third kappa shape index (κ3) is 1.33. The van der Waals surface area contributed by atoms with Crippen LogP contribution < -0.4 is 4.84 Å². The maximum absolute atomic E-state index is 9.13. The maximum Gasteiger partial charge on any atom is 0.120 e. The lowest BCUT2D eigenvalue weighted by atomic mass is 10.2. The molecule has 10 heavy (non-hydrogen) atoms. The Morgan fingerprint density at radius 1 is 1.50 bits per heavy atom. The van der Waals surface area contributed by atoms with E-state index in [0.717, 1.165) is 5.56 Å². The highest BCUT2D eigenvalue weighted by atomic mass is 35.5. The van der Waals surface area contributed by atoms with Gasteiger partial charge in [-0.1, -0.05) is 6.07 Å². The highest BCUT2D eigenvalue weighted by Gasteiger charge is 1.95. The van der Waals surface area contributed by atoms with Crippen molar-refractivity contribution in [2.75, 3.05) is 4.84 Å². The Balaban J connectivity index is 3.04. The summed E-state index contributed by atoms with van der Waals surface area (Å²) in [5.41, 5.74) is 1.54. The summed E-state index contributed by atoms with van der Waals surface area (Å²) in [5.74, 6) is 0.255. The predicted molar refractivity (Wildman–Crippen MR) is 42.3 cm³/mol. The van der Waals surface area contributed by atoms with Crippen LogP contribution in [0, 0.1) is 6.92 Å². The second kappa shape index (κ2) is 2.80. The van der Waals surface area contributed by atoms with E-state index in [9.17, 15) is 0 Å². The number of anilines is 1. The second-order valence-electron chi connectivity index (χ2n) is 2.10. The highest BCUT2D eigenvalue weighted by Crippen LogP contribution is 2.20. The monoisotopic (exact) mass is 157 g/mol. The van der Waals surface area contributed by atoms with Crippen LogP contribution in [-0.2, 0) is 0 Å². The lowest BCUT2D eigenvalue weighted by Crippen LogP contribution is -1.80. The van der Waals surface area contributed by atoms with Crippen LogP contribution in [-0.4, -0.2) is 5.11 Å². The lowest BCUT2D eigenvalue weighted by Gasteiger charge is -2.00. The minimum absolute atomic E-state index is 0.255. The van der Waals surface area contributed by atoms with Crippen molar-refractivity contribution in [1.82, 2.24) is 0 Å². The van der Waals surface area contributed by atoms with Gasteiger partial charge >= 0.3 is 0 Å². The third-order valence-electron chi connectivity index (χ3n) is 1.32. The molecule has 0 spiro atoms. The highest BCUT2D eigenvalue weighted by molar-refractivity contribution is 6.23. The fraction of sp³-hybridized carbons (Fsp3) is 0.143. The average Bonchev–Trinajstić information content (AvgIpc) is 1.95. The van der Waals surface area contributed by atoms with Crippen molar-refractivity contribution >= 4 is 17.5 Å². The summed E-state index contributed by atoms with van der Waals surface area (Å²) in [7, 11) is 0. The van der Waals surface area contributed by atoms with Gasteiger partial charge in [0.25, 0.3) is 0 Å². The molecule has 54 valence electrons. The molecule has 1 rings (SSSR count). The van der Waals surface area contributed by atoms with Gasteiger partial charge in [0.05, 0.1) is 5.69 Å². The Bertz CT molecular complexity index is 237. The molecule has 0 aliphatic heterocycles. The van der Waals surface area contributed by atoms with Gasteiger partial charge in [0.15, 0.2) is 0 Å². The Labute approximate surface area is 64.6 Å². The minimum atomic E-state index is 0.255. The van der Waals surface area contributed by atoms with Crippen molar-refractivity contribution in [3.8, 4) is 5.75 Å². The van der Waals surface area contributed by atoms with Gasteiger partial charge in [0, 0.05) is 17.8 Å². The molecule has 0 aromatic heterocycles. The normalized spacial score (nSPS) is 9.40. The summed E-state index contributed by atoms with van der Waals surface area (Å²) in [6, 6.07) is 5.16. The number of benzene rings is 1. The molecule has 0 aliphatic rings. The van der Waals surface area contributed by atoms with Crippen molar-refractivity contribution < 1.29 is 5.11 Å². The second-order valence-corrected chi connectivity index (χ2v) is 2.28. The fourth-order valence-electron chi connectivity index (χ4n) is 0.668. The number of nitrogens with one attached hydrogen (secondary N) is 1. The third-order valence-corrected chi connectivity index (χ3v) is 1.54. The van der Waals surface area contributed by atoms with Gasteiger partial charge in [-0.3, -0.25) is 4.84 Å². The zero-order valence-electron chi connectivity index (χ0n) is 5.56. The van der Waals surface area contributed by atoms with Crippen molar-refractivity contribution in [3.63, 3.8) is 0 Å². The summed E-state index contributed by atoms with van der Waals surface area (Å²) in [5, 5.41) is 9.13. The van der Waals surface area contributed by atoms with Gasteiger partial charge in [-0.25, -0.2) is 0 Å². The number of phenolic OH excluding ortho intramolecular Hbond substituents is 1. The molecule has 0 saturated heterocycles. The van der Waals surface area contributed by atoms with Crippen molar-refractivity contribution in [3.05, 3.63) is 23.8 Å². The Morgan fingerprint density at radius 2 is 2.20 bits per heavy atom. The Kier molecular flexibility index (Phi) is 2.02. The van der Waals surface area contributed by atoms with Gasteiger partial charge in [0.2, 0.25) is 0 Å². The molecular weight excluding hydrogens is 150 g/mol. The van der Waals surface area contributed by atoms with E-state index < -0.39 is 0 Å². The maximum atomic E-state index is 9.13. The molecule has 0 atom stereocenters. The van der Waals surface area contributed by atoms with Crippen LogP contribution in [0.3, 0.4) is 0 Å². The number of hydrogen-bond donors (Lipinski definition) is 2. The molecule has 0 saturated carbocycles. The summed E-state index contributed by atoms with van der Waals surface area (Å²) in [4.78, 5) is 2.41. The zero-order valence-corrected chi connectivity index (χ0v) is 6.31. The van der Waals surface area contributed by atoms with Crippen LogP contribution in [0.5, 0.6) is 5.75 Å². The zero-order chi connectivity index (χ0) is 7.56. The SMILES string of the molecule is Cc1ccc(NCl)cc1O. The molecule has 0 heterocycles. The van der Waals surface area contributed by atoms with E-state index >= 15 is 0 Å². The molecule has 0 radical (unpaired) electrons. The van der Waals surface area contributed by atoms with Crippen molar-refractivity contribution in [2.24, 2.45) is 0 Å². The molecule has 0 amide bonds. The van der Waals surface area contributed by atoms with Gasteiger partial charge in [0.1, 0.15) is 5.75 Å². The van der Waals surface area contributed by atoms with Crippen LogP contribution in [0.25, 0.3) is 0 Å². The van der Waals surface area contributed by atoms with Gasteiger partial charge in [-0.15, -0.1) is 0 Å². The summed E-state index contributed by atoms with van der Waals surface area (Å²) in [6.45, 7) is 1.83. The number of hydrogen-bond acceptors (Lipinski definition) is 2. The van der Waals surface area contributed by atoms with Crippen molar-refractivity contribution in [1.29, 1.82) is 0 Å². The molecule has 1 aromatic rings. The number of phenols is 1. The lowest BCUT2D eigenvalue weighted by molar-refractivity contribution is 0.471. The number of aromatic hydroxyl groups is 1. The van der Waals surface area contributed by atoms with E-state index in [-0.39, 0.29) is 5.75 Å².